The number of benzene rings is 3. The molecule has 0 heterocycles. The minimum Gasteiger partial charge on any atom is -0.481 e. The number of carbonyl (C=O) groups is 1. The third-order valence-corrected chi connectivity index (χ3v) is 3.67. The van der Waals surface area contributed by atoms with Gasteiger partial charge in [0.05, 0.1) is 4.92 Å². The molecule has 3 aromatic carbocycles. The molecular weight excluding hydrogens is 346 g/mol. The van der Waals surface area contributed by atoms with Crippen molar-refractivity contribution in [2.45, 2.75) is 0 Å². The van der Waals surface area contributed by atoms with Crippen molar-refractivity contribution in [3.63, 3.8) is 0 Å². The van der Waals surface area contributed by atoms with Gasteiger partial charge < -0.3 is 9.47 Å². The number of nitro groups is 1. The molecule has 25 heavy (non-hydrogen) atoms. The van der Waals surface area contributed by atoms with Crippen LogP contribution < -0.4 is 9.47 Å². The summed E-state index contributed by atoms with van der Waals surface area (Å²) in [7, 11) is 0. The Morgan fingerprint density at radius 1 is 1.04 bits per heavy atom. The van der Waals surface area contributed by atoms with E-state index in [1.165, 1.54) is 12.1 Å². The highest BCUT2D eigenvalue weighted by Crippen LogP contribution is 2.30. The van der Waals surface area contributed by atoms with E-state index in [0.717, 1.165) is 16.8 Å². The number of nitro benzene ring substituents is 1. The van der Waals surface area contributed by atoms with Gasteiger partial charge in [0.25, 0.3) is 0 Å². The van der Waals surface area contributed by atoms with Crippen LogP contribution in [0.5, 0.6) is 11.5 Å². The quantitative estimate of drug-likeness (QED) is 0.293. The average Bonchev–Trinajstić information content (AvgIpc) is 2.61. The molecule has 126 valence electrons. The van der Waals surface area contributed by atoms with E-state index in [0.29, 0.717) is 5.75 Å². The zero-order valence-corrected chi connectivity index (χ0v) is 13.6. The van der Waals surface area contributed by atoms with Crippen molar-refractivity contribution in [2.24, 2.45) is 0 Å². The molecule has 6 nitrogen and oxygen atoms in total. The first kappa shape index (κ1) is 16.7. The maximum Gasteiger partial charge on any atom is 0.349 e. The minimum atomic E-state index is -0.752. The van der Waals surface area contributed by atoms with E-state index >= 15 is 0 Å². The first-order valence-electron chi connectivity index (χ1n) is 7.30. The van der Waals surface area contributed by atoms with E-state index < -0.39 is 10.9 Å². The fourth-order valence-electron chi connectivity index (χ4n) is 2.33. The predicted molar refractivity (Wildman–Crippen MR) is 93.2 cm³/mol. The van der Waals surface area contributed by atoms with Crippen LogP contribution in [0.2, 0.25) is 5.02 Å². The third kappa shape index (κ3) is 3.87. The first-order chi connectivity index (χ1) is 12.0. The van der Waals surface area contributed by atoms with Gasteiger partial charge in [-0.3, -0.25) is 10.1 Å². The second-order valence-electron chi connectivity index (χ2n) is 5.11. The molecule has 0 radical (unpaired) electrons. The molecule has 0 saturated heterocycles. The summed E-state index contributed by atoms with van der Waals surface area (Å²) >= 11 is 5.72. The van der Waals surface area contributed by atoms with Crippen molar-refractivity contribution in [1.29, 1.82) is 0 Å². The molecule has 3 aromatic rings. The second-order valence-corrected chi connectivity index (χ2v) is 5.55. The van der Waals surface area contributed by atoms with Crippen molar-refractivity contribution in [3.05, 3.63) is 75.8 Å². The van der Waals surface area contributed by atoms with Gasteiger partial charge in [-0.2, -0.15) is 0 Å². The van der Waals surface area contributed by atoms with E-state index in [9.17, 15) is 14.9 Å². The van der Waals surface area contributed by atoms with Crippen LogP contribution in [0, 0.1) is 10.1 Å². The van der Waals surface area contributed by atoms with Crippen LogP contribution in [0.25, 0.3) is 10.8 Å². The Balaban J connectivity index is 1.72. The maximum absolute atomic E-state index is 12.0. The standard InChI is InChI=1S/C18H12ClNO5/c19-13-8-9-17(15(10-13)20(22)23)25-18(21)11-24-16-7-3-5-12-4-1-2-6-14(12)16/h1-10H,11H2. The topological polar surface area (TPSA) is 78.7 Å². The highest BCUT2D eigenvalue weighted by atomic mass is 35.5. The fraction of sp³-hybridized carbons (Fsp3) is 0.0556. The second kappa shape index (κ2) is 7.19. The zero-order chi connectivity index (χ0) is 17.8. The number of hydrogen-bond donors (Lipinski definition) is 0. The number of nitrogens with zero attached hydrogens (tertiary/aromatic N) is 1. The lowest BCUT2D eigenvalue weighted by Gasteiger charge is -2.09. The van der Waals surface area contributed by atoms with Crippen LogP contribution in [0.4, 0.5) is 5.69 Å². The molecule has 0 aliphatic rings. The Morgan fingerprint density at radius 2 is 1.80 bits per heavy atom. The van der Waals surface area contributed by atoms with Crippen LogP contribution in [0.15, 0.2) is 60.7 Å². The van der Waals surface area contributed by atoms with E-state index in [4.69, 9.17) is 21.1 Å². The Labute approximate surface area is 147 Å². The Hall–Kier alpha value is -3.12. The largest absolute Gasteiger partial charge is 0.481 e. The van der Waals surface area contributed by atoms with Gasteiger partial charge in [-0.15, -0.1) is 0 Å². The summed E-state index contributed by atoms with van der Waals surface area (Å²) in [6, 6.07) is 16.8. The van der Waals surface area contributed by atoms with Crippen molar-refractivity contribution in [2.75, 3.05) is 6.61 Å². The minimum absolute atomic E-state index is 0.179. The number of esters is 1. The molecule has 0 aliphatic heterocycles. The highest BCUT2D eigenvalue weighted by molar-refractivity contribution is 6.30. The van der Waals surface area contributed by atoms with Gasteiger partial charge in [-0.25, -0.2) is 4.79 Å². The SMILES string of the molecule is O=C(COc1cccc2ccccc12)Oc1ccc(Cl)cc1[N+](=O)[O-]. The van der Waals surface area contributed by atoms with E-state index in [-0.39, 0.29) is 23.1 Å². The average molecular weight is 358 g/mol. The molecule has 0 unspecified atom stereocenters. The van der Waals surface area contributed by atoms with Crippen LogP contribution in [0.1, 0.15) is 0 Å². The van der Waals surface area contributed by atoms with Crippen LogP contribution >= 0.6 is 11.6 Å². The normalized spacial score (nSPS) is 10.4. The number of halogens is 1. The van der Waals surface area contributed by atoms with Gasteiger partial charge in [-0.05, 0) is 23.6 Å². The molecule has 0 spiro atoms. The lowest BCUT2D eigenvalue weighted by molar-refractivity contribution is -0.385. The summed E-state index contributed by atoms with van der Waals surface area (Å²) in [6.45, 7) is -0.381. The van der Waals surface area contributed by atoms with Crippen LogP contribution in [-0.2, 0) is 4.79 Å². The summed E-state index contributed by atoms with van der Waals surface area (Å²) in [4.78, 5) is 22.3. The van der Waals surface area contributed by atoms with E-state index in [1.807, 2.05) is 36.4 Å². The number of fused-ring (bicyclic) bond motifs is 1. The van der Waals surface area contributed by atoms with Crippen molar-refractivity contribution < 1.29 is 19.2 Å². The zero-order valence-electron chi connectivity index (χ0n) is 12.8. The van der Waals surface area contributed by atoms with Gasteiger partial charge in [-0.1, -0.05) is 48.0 Å². The summed E-state index contributed by atoms with van der Waals surface area (Å²) in [5, 5.41) is 13.0. The number of ether oxygens (including phenoxy) is 2. The molecule has 0 amide bonds. The predicted octanol–water partition coefficient (Wildman–Crippen LogP) is 4.39. The monoisotopic (exact) mass is 357 g/mol. The summed E-state index contributed by atoms with van der Waals surface area (Å²) in [5.74, 6) is -0.403. The molecule has 0 fully saturated rings. The molecule has 7 heteroatoms. The van der Waals surface area contributed by atoms with Gasteiger partial charge in [0.1, 0.15) is 5.75 Å². The highest BCUT2D eigenvalue weighted by Gasteiger charge is 2.19. The summed E-state index contributed by atoms with van der Waals surface area (Å²) < 4.78 is 10.5. The van der Waals surface area contributed by atoms with E-state index in [1.54, 1.807) is 6.07 Å². The first-order valence-corrected chi connectivity index (χ1v) is 7.67. The number of carbonyl (C=O) groups excluding carboxylic acids is 1. The fourth-order valence-corrected chi connectivity index (χ4v) is 2.50. The lowest BCUT2D eigenvalue weighted by Crippen LogP contribution is -2.18. The van der Waals surface area contributed by atoms with Crippen LogP contribution in [-0.4, -0.2) is 17.5 Å². The summed E-state index contributed by atoms with van der Waals surface area (Å²) in [5.41, 5.74) is -0.383. The maximum atomic E-state index is 12.0. The molecule has 0 aliphatic carbocycles. The molecule has 0 saturated carbocycles. The van der Waals surface area contributed by atoms with Crippen LogP contribution in [0.3, 0.4) is 0 Å². The molecule has 3 rings (SSSR count). The van der Waals surface area contributed by atoms with Gasteiger partial charge >= 0.3 is 11.7 Å². The Bertz CT molecular complexity index is 952. The Morgan fingerprint density at radius 3 is 2.60 bits per heavy atom. The lowest BCUT2D eigenvalue weighted by atomic mass is 10.1. The summed E-state index contributed by atoms with van der Waals surface area (Å²) in [6.07, 6.45) is 0. The molecule has 0 N–H and O–H groups in total. The van der Waals surface area contributed by atoms with Crippen molar-refractivity contribution in [1.82, 2.24) is 0 Å². The van der Waals surface area contributed by atoms with Crippen molar-refractivity contribution in [3.8, 4) is 11.5 Å². The van der Waals surface area contributed by atoms with Gasteiger partial charge in [0.2, 0.25) is 5.75 Å². The molecule has 0 bridgehead atoms. The third-order valence-electron chi connectivity index (χ3n) is 3.44. The smallest absolute Gasteiger partial charge is 0.349 e. The molecular formula is C18H12ClNO5. The Kier molecular flexibility index (Phi) is 4.81. The van der Waals surface area contributed by atoms with Gasteiger partial charge in [0, 0.05) is 16.5 Å². The van der Waals surface area contributed by atoms with Crippen molar-refractivity contribution >= 4 is 34.0 Å². The number of hydrogen-bond acceptors (Lipinski definition) is 5. The van der Waals surface area contributed by atoms with Gasteiger partial charge in [0.15, 0.2) is 6.61 Å². The molecule has 0 aromatic heterocycles. The molecule has 0 atom stereocenters. The number of rotatable bonds is 5. The van der Waals surface area contributed by atoms with E-state index in [2.05, 4.69) is 0 Å².